The molecule has 1 rings (SSSR count). The molecular weight excluding hydrogens is 255 g/mol. The number of benzene rings is 1. The van der Waals surface area contributed by atoms with Crippen molar-refractivity contribution in [2.24, 2.45) is 0 Å². The van der Waals surface area contributed by atoms with Crippen LogP contribution >= 0.6 is 0 Å². The fourth-order valence-corrected chi connectivity index (χ4v) is 1.95. The van der Waals surface area contributed by atoms with E-state index in [9.17, 15) is 9.65 Å². The highest BCUT2D eigenvalue weighted by molar-refractivity contribution is 5.37. The predicted octanol–water partition coefficient (Wildman–Crippen LogP) is 2.19. The molecule has 20 heavy (non-hydrogen) atoms. The van der Waals surface area contributed by atoms with Crippen LogP contribution in [0.4, 0.5) is 4.39 Å². The van der Waals surface area contributed by atoms with Crippen molar-refractivity contribution in [2.45, 2.75) is 19.9 Å². The van der Waals surface area contributed by atoms with Gasteiger partial charge in [-0.15, -0.1) is 0 Å². The number of likely N-dealkylation sites (N-methyl/N-ethyl adjacent to an activating group) is 1. The van der Waals surface area contributed by atoms with E-state index in [1.807, 2.05) is 0 Å². The van der Waals surface area contributed by atoms with E-state index < -0.39 is 11.9 Å². The molecule has 0 amide bonds. The molecule has 0 bridgehead atoms. The molecule has 0 saturated carbocycles. The van der Waals surface area contributed by atoms with Crippen molar-refractivity contribution in [2.75, 3.05) is 26.2 Å². The lowest BCUT2D eigenvalue weighted by Gasteiger charge is -2.19. The van der Waals surface area contributed by atoms with E-state index in [1.54, 1.807) is 6.07 Å². The number of rotatable bonds is 7. The minimum absolute atomic E-state index is 0.0340. The van der Waals surface area contributed by atoms with Crippen LogP contribution in [0.25, 0.3) is 0 Å². The molecule has 1 atom stereocenters. The van der Waals surface area contributed by atoms with Crippen LogP contribution < -0.4 is 5.32 Å². The van der Waals surface area contributed by atoms with Crippen LogP contribution in [0.3, 0.4) is 0 Å². The monoisotopic (exact) mass is 274 g/mol. The second kappa shape index (κ2) is 8.27. The van der Waals surface area contributed by atoms with Gasteiger partial charge in [0.25, 0.3) is 0 Å². The Balaban J connectivity index is 2.68. The lowest BCUT2D eigenvalue weighted by Crippen LogP contribution is -2.33. The first-order valence-corrected chi connectivity index (χ1v) is 6.71. The van der Waals surface area contributed by atoms with E-state index in [2.05, 4.69) is 30.1 Å². The molecule has 0 aliphatic carbocycles. The molecule has 1 unspecified atom stereocenters. The van der Waals surface area contributed by atoms with Gasteiger partial charge in [0.05, 0.1) is 11.6 Å². The van der Waals surface area contributed by atoms with Crippen molar-refractivity contribution < 1.29 is 4.39 Å². The molecule has 106 valence electrons. The summed E-state index contributed by atoms with van der Waals surface area (Å²) in [5, 5.41) is 21.1. The summed E-state index contributed by atoms with van der Waals surface area (Å²) in [4.78, 5) is 2.24. The first kappa shape index (κ1) is 16.1. The van der Waals surface area contributed by atoms with Gasteiger partial charge in [0, 0.05) is 13.1 Å². The van der Waals surface area contributed by atoms with Crippen LogP contribution in [0.15, 0.2) is 18.2 Å². The van der Waals surface area contributed by atoms with Gasteiger partial charge in [-0.2, -0.15) is 10.5 Å². The van der Waals surface area contributed by atoms with Crippen LogP contribution in [0.5, 0.6) is 0 Å². The fraction of sp³-hybridized carbons (Fsp3) is 0.467. The first-order chi connectivity index (χ1) is 9.65. The maximum Gasteiger partial charge on any atom is 0.140 e. The van der Waals surface area contributed by atoms with Gasteiger partial charge in [0.1, 0.15) is 17.9 Å². The van der Waals surface area contributed by atoms with Gasteiger partial charge >= 0.3 is 0 Å². The van der Waals surface area contributed by atoms with Crippen molar-refractivity contribution in [3.8, 4) is 12.1 Å². The second-order valence-corrected chi connectivity index (χ2v) is 4.39. The Bertz CT molecular complexity index is 512. The van der Waals surface area contributed by atoms with Crippen molar-refractivity contribution >= 4 is 0 Å². The molecule has 4 nitrogen and oxygen atoms in total. The Morgan fingerprint density at radius 2 is 2.00 bits per heavy atom. The van der Waals surface area contributed by atoms with Crippen LogP contribution in [0.1, 0.15) is 31.0 Å². The van der Waals surface area contributed by atoms with Gasteiger partial charge in [0.2, 0.25) is 0 Å². The molecule has 1 aromatic carbocycles. The first-order valence-electron chi connectivity index (χ1n) is 6.71. The van der Waals surface area contributed by atoms with Crippen molar-refractivity contribution in [1.82, 2.24) is 10.2 Å². The SMILES string of the molecule is CCN(CC)CCNC(C#N)c1ccc(F)c(C#N)c1. The summed E-state index contributed by atoms with van der Waals surface area (Å²) in [6.45, 7) is 7.61. The summed E-state index contributed by atoms with van der Waals surface area (Å²) < 4.78 is 13.3. The van der Waals surface area contributed by atoms with E-state index in [1.165, 1.54) is 18.2 Å². The Morgan fingerprint density at radius 3 is 2.55 bits per heavy atom. The summed E-state index contributed by atoms with van der Waals surface area (Å²) in [5.74, 6) is -0.559. The third-order valence-electron chi connectivity index (χ3n) is 3.24. The highest BCUT2D eigenvalue weighted by Gasteiger charge is 2.12. The molecule has 0 radical (unpaired) electrons. The van der Waals surface area contributed by atoms with Crippen LogP contribution in [0.2, 0.25) is 0 Å². The number of hydrogen-bond donors (Lipinski definition) is 1. The number of nitrogens with zero attached hydrogens (tertiary/aromatic N) is 3. The fourth-order valence-electron chi connectivity index (χ4n) is 1.95. The molecule has 5 heteroatoms. The summed E-state index contributed by atoms with van der Waals surface area (Å²) in [6, 6.07) is 7.58. The van der Waals surface area contributed by atoms with Gasteiger partial charge in [-0.1, -0.05) is 19.9 Å². The van der Waals surface area contributed by atoms with Crippen molar-refractivity contribution in [3.63, 3.8) is 0 Å². The molecule has 0 fully saturated rings. The zero-order valence-corrected chi connectivity index (χ0v) is 11.9. The highest BCUT2D eigenvalue weighted by atomic mass is 19.1. The van der Waals surface area contributed by atoms with Gasteiger partial charge in [-0.05, 0) is 30.8 Å². The average molecular weight is 274 g/mol. The quantitative estimate of drug-likeness (QED) is 0.828. The van der Waals surface area contributed by atoms with E-state index in [-0.39, 0.29) is 5.56 Å². The molecule has 0 spiro atoms. The van der Waals surface area contributed by atoms with E-state index in [0.29, 0.717) is 12.1 Å². The Hall–Kier alpha value is -1.95. The standard InChI is InChI=1S/C15H19FN4/c1-3-20(4-2)8-7-19-15(11-18)12-5-6-14(16)13(9-12)10-17/h5-6,9,15,19H,3-4,7-8H2,1-2H3. The third-order valence-corrected chi connectivity index (χ3v) is 3.24. The van der Waals surface area contributed by atoms with E-state index in [4.69, 9.17) is 5.26 Å². The summed E-state index contributed by atoms with van der Waals surface area (Å²) in [7, 11) is 0. The van der Waals surface area contributed by atoms with Gasteiger partial charge in [-0.25, -0.2) is 4.39 Å². The number of nitrogens with one attached hydrogen (secondary N) is 1. The minimum Gasteiger partial charge on any atom is -0.303 e. The molecule has 0 aromatic heterocycles. The van der Waals surface area contributed by atoms with Crippen molar-refractivity contribution in [1.29, 1.82) is 10.5 Å². The van der Waals surface area contributed by atoms with Gasteiger partial charge < -0.3 is 4.90 Å². The lowest BCUT2D eigenvalue weighted by molar-refractivity contribution is 0.300. The second-order valence-electron chi connectivity index (χ2n) is 4.39. The predicted molar refractivity (Wildman–Crippen MR) is 75.3 cm³/mol. The minimum atomic E-state index is -0.559. The molecule has 0 aliphatic heterocycles. The van der Waals surface area contributed by atoms with Crippen molar-refractivity contribution in [3.05, 3.63) is 35.1 Å². The van der Waals surface area contributed by atoms with E-state index >= 15 is 0 Å². The zero-order chi connectivity index (χ0) is 15.0. The van der Waals surface area contributed by atoms with Crippen LogP contribution in [-0.4, -0.2) is 31.1 Å². The summed E-state index contributed by atoms with van der Waals surface area (Å²) in [6.07, 6.45) is 0. The molecular formula is C15H19FN4. The summed E-state index contributed by atoms with van der Waals surface area (Å²) >= 11 is 0. The Morgan fingerprint density at radius 1 is 1.30 bits per heavy atom. The smallest absolute Gasteiger partial charge is 0.140 e. The largest absolute Gasteiger partial charge is 0.303 e. The third kappa shape index (κ3) is 4.31. The maximum absolute atomic E-state index is 13.3. The summed E-state index contributed by atoms with van der Waals surface area (Å²) in [5.41, 5.74) is 0.582. The number of hydrogen-bond acceptors (Lipinski definition) is 4. The van der Waals surface area contributed by atoms with Crippen LogP contribution in [-0.2, 0) is 0 Å². The zero-order valence-electron chi connectivity index (χ0n) is 11.9. The molecule has 0 saturated heterocycles. The number of halogens is 1. The Labute approximate surface area is 119 Å². The average Bonchev–Trinajstić information content (AvgIpc) is 2.48. The Kier molecular flexibility index (Phi) is 6.66. The molecule has 1 N–H and O–H groups in total. The molecule has 0 aliphatic rings. The highest BCUT2D eigenvalue weighted by Crippen LogP contribution is 2.16. The van der Waals surface area contributed by atoms with Gasteiger partial charge in [0.15, 0.2) is 0 Å². The van der Waals surface area contributed by atoms with Crippen LogP contribution in [0, 0.1) is 28.5 Å². The number of nitriles is 2. The normalized spacial score (nSPS) is 11.9. The van der Waals surface area contributed by atoms with E-state index in [0.717, 1.165) is 19.6 Å². The topological polar surface area (TPSA) is 62.9 Å². The maximum atomic E-state index is 13.3. The molecule has 1 aromatic rings. The lowest BCUT2D eigenvalue weighted by atomic mass is 10.0. The molecule has 0 heterocycles. The van der Waals surface area contributed by atoms with Gasteiger partial charge in [-0.3, -0.25) is 5.32 Å².